The Morgan fingerprint density at radius 1 is 1.56 bits per heavy atom. The number of hydrogen-bond acceptors (Lipinski definition) is 4. The van der Waals surface area contributed by atoms with Crippen molar-refractivity contribution in [3.05, 3.63) is 20.3 Å². The first kappa shape index (κ1) is 12.6. The van der Waals surface area contributed by atoms with Crippen molar-refractivity contribution >= 4 is 34.5 Å². The zero-order chi connectivity index (χ0) is 11.5. The minimum Gasteiger partial charge on any atom is -0.374 e. The van der Waals surface area contributed by atoms with Crippen molar-refractivity contribution in [2.45, 2.75) is 12.6 Å². The average molecular weight is 281 g/mol. The van der Waals surface area contributed by atoms with Crippen molar-refractivity contribution in [3.63, 3.8) is 0 Å². The van der Waals surface area contributed by atoms with Crippen LogP contribution in [0.15, 0.2) is 5.38 Å². The van der Waals surface area contributed by atoms with Crippen LogP contribution in [0, 0.1) is 0 Å². The molecule has 0 amide bonds. The zero-order valence-electron chi connectivity index (χ0n) is 8.79. The maximum atomic E-state index is 6.09. The first-order chi connectivity index (χ1) is 7.70. The van der Waals surface area contributed by atoms with Gasteiger partial charge in [0.2, 0.25) is 0 Å². The molecule has 1 saturated heterocycles. The zero-order valence-corrected chi connectivity index (χ0v) is 11.1. The number of nitrogens with zero attached hydrogens (tertiary/aromatic N) is 1. The van der Waals surface area contributed by atoms with Crippen molar-refractivity contribution < 1.29 is 4.74 Å². The van der Waals surface area contributed by atoms with Crippen LogP contribution in [0.4, 0.5) is 0 Å². The molecule has 2 heterocycles. The number of nitrogens with two attached hydrogens (primary N) is 1. The highest BCUT2D eigenvalue weighted by Crippen LogP contribution is 2.33. The summed E-state index contributed by atoms with van der Waals surface area (Å²) in [5.74, 6) is 0. The highest BCUT2D eigenvalue weighted by Gasteiger charge is 2.20. The van der Waals surface area contributed by atoms with Gasteiger partial charge in [-0.2, -0.15) is 0 Å². The van der Waals surface area contributed by atoms with Crippen LogP contribution in [0.3, 0.4) is 0 Å². The number of thiophene rings is 1. The van der Waals surface area contributed by atoms with Crippen LogP contribution >= 0.6 is 34.5 Å². The van der Waals surface area contributed by atoms with Gasteiger partial charge < -0.3 is 10.5 Å². The topological polar surface area (TPSA) is 38.5 Å². The molecule has 1 aromatic rings. The van der Waals surface area contributed by atoms with Crippen LogP contribution in [0.25, 0.3) is 0 Å². The maximum absolute atomic E-state index is 6.09. The molecule has 0 aliphatic carbocycles. The Bertz CT molecular complexity index is 359. The second kappa shape index (κ2) is 5.67. The summed E-state index contributed by atoms with van der Waals surface area (Å²) in [5, 5.41) is 2.69. The van der Waals surface area contributed by atoms with Crippen LogP contribution in [0.1, 0.15) is 5.56 Å². The average Bonchev–Trinajstić information content (AvgIpc) is 2.61. The first-order valence-corrected chi connectivity index (χ1v) is 6.79. The summed E-state index contributed by atoms with van der Waals surface area (Å²) in [7, 11) is 0. The van der Waals surface area contributed by atoms with E-state index in [1.54, 1.807) is 0 Å². The van der Waals surface area contributed by atoms with E-state index < -0.39 is 0 Å². The van der Waals surface area contributed by atoms with Crippen molar-refractivity contribution in [2.75, 3.05) is 26.2 Å². The Hall–Kier alpha value is 0.160. The Morgan fingerprint density at radius 2 is 2.38 bits per heavy atom. The summed E-state index contributed by atoms with van der Waals surface area (Å²) in [6, 6.07) is 0. The van der Waals surface area contributed by atoms with Gasteiger partial charge in [-0.15, -0.1) is 11.3 Å². The maximum Gasteiger partial charge on any atom is 0.112 e. The third-order valence-corrected chi connectivity index (χ3v) is 4.55. The lowest BCUT2D eigenvalue weighted by atomic mass is 10.2. The van der Waals surface area contributed by atoms with Gasteiger partial charge >= 0.3 is 0 Å². The molecule has 0 bridgehead atoms. The molecule has 1 fully saturated rings. The van der Waals surface area contributed by atoms with E-state index in [-0.39, 0.29) is 6.10 Å². The van der Waals surface area contributed by atoms with Crippen molar-refractivity contribution in [3.8, 4) is 0 Å². The molecule has 2 rings (SSSR count). The lowest BCUT2D eigenvalue weighted by Gasteiger charge is -2.32. The third kappa shape index (κ3) is 2.88. The Labute approximate surface area is 109 Å². The minimum atomic E-state index is 0.140. The molecule has 1 aliphatic heterocycles. The molecule has 0 radical (unpaired) electrons. The fourth-order valence-electron chi connectivity index (χ4n) is 1.77. The normalized spacial score (nSPS) is 22.6. The molecule has 2 N–H and O–H groups in total. The third-order valence-electron chi connectivity index (χ3n) is 2.64. The van der Waals surface area contributed by atoms with Gasteiger partial charge in [0.05, 0.1) is 17.7 Å². The predicted molar refractivity (Wildman–Crippen MR) is 68.4 cm³/mol. The highest BCUT2D eigenvalue weighted by atomic mass is 35.5. The van der Waals surface area contributed by atoms with Crippen LogP contribution < -0.4 is 5.73 Å². The predicted octanol–water partition coefficient (Wildman–Crippen LogP) is 2.21. The van der Waals surface area contributed by atoms with Crippen molar-refractivity contribution in [1.29, 1.82) is 0 Å². The molecule has 3 nitrogen and oxygen atoms in total. The summed E-state index contributed by atoms with van der Waals surface area (Å²) >= 11 is 13.5. The molecule has 1 unspecified atom stereocenters. The molecule has 1 aromatic heterocycles. The summed E-state index contributed by atoms with van der Waals surface area (Å²) in [6.07, 6.45) is 0.140. The van der Waals surface area contributed by atoms with Crippen molar-refractivity contribution in [1.82, 2.24) is 4.90 Å². The molecule has 90 valence electrons. The van der Waals surface area contributed by atoms with E-state index in [1.807, 2.05) is 5.38 Å². The van der Waals surface area contributed by atoms with Crippen LogP contribution in [-0.2, 0) is 11.3 Å². The Morgan fingerprint density at radius 3 is 3.00 bits per heavy atom. The van der Waals surface area contributed by atoms with E-state index in [1.165, 1.54) is 11.3 Å². The molecular formula is C10H14Cl2N2OS. The second-order valence-electron chi connectivity index (χ2n) is 3.81. The number of ether oxygens (including phenoxy) is 1. The van der Waals surface area contributed by atoms with E-state index in [9.17, 15) is 0 Å². The monoisotopic (exact) mass is 280 g/mol. The van der Waals surface area contributed by atoms with Gasteiger partial charge in [-0.25, -0.2) is 0 Å². The molecule has 0 saturated carbocycles. The van der Waals surface area contributed by atoms with Gasteiger partial charge in [-0.05, 0) is 10.9 Å². The van der Waals surface area contributed by atoms with Crippen LogP contribution in [-0.4, -0.2) is 37.2 Å². The SMILES string of the molecule is NCC1CN(Cc2csc(Cl)c2Cl)CCO1. The van der Waals surface area contributed by atoms with Crippen LogP contribution in [0.2, 0.25) is 9.36 Å². The van der Waals surface area contributed by atoms with Gasteiger partial charge in [0.25, 0.3) is 0 Å². The largest absolute Gasteiger partial charge is 0.374 e. The fourth-order valence-corrected chi connectivity index (χ4v) is 3.01. The van der Waals surface area contributed by atoms with Gasteiger partial charge in [0.1, 0.15) is 4.34 Å². The summed E-state index contributed by atoms with van der Waals surface area (Å²) in [4.78, 5) is 2.30. The standard InChI is InChI=1S/C10H14Cl2N2OS/c11-9-7(6-16-10(9)12)4-14-1-2-15-8(3-13)5-14/h6,8H,1-5,13H2. The van der Waals surface area contributed by atoms with Crippen LogP contribution in [0.5, 0.6) is 0 Å². The molecule has 1 aliphatic rings. The second-order valence-corrected chi connectivity index (χ2v) is 5.67. The van der Waals surface area contributed by atoms with E-state index >= 15 is 0 Å². The Kier molecular flexibility index (Phi) is 4.47. The van der Waals surface area contributed by atoms with Gasteiger partial charge in [0, 0.05) is 26.2 Å². The van der Waals surface area contributed by atoms with Gasteiger partial charge in [-0.1, -0.05) is 23.2 Å². The Balaban J connectivity index is 1.96. The summed E-state index contributed by atoms with van der Waals surface area (Å²) < 4.78 is 6.17. The summed E-state index contributed by atoms with van der Waals surface area (Å²) in [5.41, 5.74) is 6.69. The molecule has 0 aromatic carbocycles. The smallest absolute Gasteiger partial charge is 0.112 e. The number of morpholine rings is 1. The molecule has 16 heavy (non-hydrogen) atoms. The van der Waals surface area contributed by atoms with Gasteiger partial charge in [-0.3, -0.25) is 4.90 Å². The summed E-state index contributed by atoms with van der Waals surface area (Å²) in [6.45, 7) is 3.90. The fraction of sp³-hybridized carbons (Fsp3) is 0.600. The molecule has 0 spiro atoms. The first-order valence-electron chi connectivity index (χ1n) is 5.16. The lowest BCUT2D eigenvalue weighted by molar-refractivity contribution is -0.0260. The molecular weight excluding hydrogens is 267 g/mol. The lowest BCUT2D eigenvalue weighted by Crippen LogP contribution is -2.45. The number of halogens is 2. The van der Waals surface area contributed by atoms with E-state index in [4.69, 9.17) is 33.7 Å². The van der Waals surface area contributed by atoms with Crippen molar-refractivity contribution in [2.24, 2.45) is 5.73 Å². The minimum absolute atomic E-state index is 0.140. The molecule has 1 atom stereocenters. The molecule has 6 heteroatoms. The highest BCUT2D eigenvalue weighted by molar-refractivity contribution is 7.15. The van der Waals surface area contributed by atoms with Gasteiger partial charge in [0.15, 0.2) is 0 Å². The van der Waals surface area contributed by atoms with E-state index in [2.05, 4.69) is 4.90 Å². The van der Waals surface area contributed by atoms with E-state index in [0.717, 1.165) is 31.8 Å². The number of hydrogen-bond donors (Lipinski definition) is 1. The number of rotatable bonds is 3. The van der Waals surface area contributed by atoms with E-state index in [0.29, 0.717) is 15.9 Å². The quantitative estimate of drug-likeness (QED) is 0.923.